The van der Waals surface area contributed by atoms with Gasteiger partial charge >= 0.3 is 6.03 Å². The van der Waals surface area contributed by atoms with Crippen LogP contribution in [0.25, 0.3) is 11.5 Å². The van der Waals surface area contributed by atoms with Crippen molar-refractivity contribution in [3.63, 3.8) is 0 Å². The van der Waals surface area contributed by atoms with E-state index >= 15 is 0 Å². The van der Waals surface area contributed by atoms with E-state index in [-0.39, 0.29) is 12.1 Å². The van der Waals surface area contributed by atoms with E-state index in [0.29, 0.717) is 12.2 Å². The van der Waals surface area contributed by atoms with Crippen LogP contribution in [0.15, 0.2) is 103 Å². The second-order valence-electron chi connectivity index (χ2n) is 9.04. The van der Waals surface area contributed by atoms with Gasteiger partial charge in [0.1, 0.15) is 11.6 Å². The van der Waals surface area contributed by atoms with E-state index < -0.39 is 0 Å². The predicted octanol–water partition coefficient (Wildman–Crippen LogP) is 6.12. The Bertz CT molecular complexity index is 1540. The molecule has 0 bridgehead atoms. The number of amides is 2. The van der Waals surface area contributed by atoms with Crippen molar-refractivity contribution in [1.82, 2.24) is 19.2 Å². The Morgan fingerprint density at radius 1 is 0.919 bits per heavy atom. The summed E-state index contributed by atoms with van der Waals surface area (Å²) in [5, 5.41) is 8.00. The monoisotopic (exact) mass is 489 g/mol. The van der Waals surface area contributed by atoms with Crippen LogP contribution in [0, 0.1) is 6.92 Å². The van der Waals surface area contributed by atoms with Crippen molar-refractivity contribution in [3.8, 4) is 17.3 Å². The minimum Gasteiger partial charge on any atom is -0.497 e. The first-order valence-corrected chi connectivity index (χ1v) is 12.2. The van der Waals surface area contributed by atoms with Gasteiger partial charge in [-0.1, -0.05) is 48.5 Å². The number of rotatable bonds is 4. The van der Waals surface area contributed by atoms with Gasteiger partial charge in [-0.3, -0.25) is 0 Å². The molecule has 2 amide bonds. The molecular weight excluding hydrogens is 462 g/mol. The third-order valence-corrected chi connectivity index (χ3v) is 6.80. The number of benzene rings is 3. The molecule has 7 nitrogen and oxygen atoms in total. The molecule has 0 radical (unpaired) electrons. The minimum atomic E-state index is -0.300. The third-order valence-electron chi connectivity index (χ3n) is 6.80. The Labute approximate surface area is 215 Å². The number of urea groups is 1. The Morgan fingerprint density at radius 3 is 2.32 bits per heavy atom. The SMILES string of the molecule is COc1ccc(NC(=O)N2Cc3c(C)nn(-c4ccccc4)c3-n3cccc3[C@@H]2c2ccccc2)cc1. The van der Waals surface area contributed by atoms with E-state index in [1.54, 1.807) is 7.11 Å². The smallest absolute Gasteiger partial charge is 0.322 e. The molecule has 1 N–H and O–H groups in total. The number of para-hydroxylation sites is 1. The summed E-state index contributed by atoms with van der Waals surface area (Å²) in [6, 6.07) is 31.2. The van der Waals surface area contributed by atoms with Crippen LogP contribution in [0.1, 0.15) is 28.6 Å². The summed E-state index contributed by atoms with van der Waals surface area (Å²) in [5.41, 5.74) is 5.59. The quantitative estimate of drug-likeness (QED) is 0.331. The first kappa shape index (κ1) is 22.7. The number of nitrogens with one attached hydrogen (secondary N) is 1. The lowest BCUT2D eigenvalue weighted by molar-refractivity contribution is 0.194. The van der Waals surface area contributed by atoms with E-state index in [0.717, 1.165) is 39.8 Å². The fourth-order valence-electron chi connectivity index (χ4n) is 5.00. The molecule has 6 rings (SSSR count). The summed E-state index contributed by atoms with van der Waals surface area (Å²) in [6.45, 7) is 2.40. The topological polar surface area (TPSA) is 64.3 Å². The van der Waals surface area contributed by atoms with E-state index in [1.165, 1.54) is 0 Å². The first-order chi connectivity index (χ1) is 18.1. The second-order valence-corrected chi connectivity index (χ2v) is 9.04. The van der Waals surface area contributed by atoms with Crippen LogP contribution in [0.5, 0.6) is 5.75 Å². The Balaban J connectivity index is 1.50. The average Bonchev–Trinajstić information content (AvgIpc) is 3.50. The van der Waals surface area contributed by atoms with E-state index in [2.05, 4.69) is 34.3 Å². The van der Waals surface area contributed by atoms with Gasteiger partial charge in [-0.15, -0.1) is 0 Å². The van der Waals surface area contributed by atoms with Gasteiger partial charge in [0.15, 0.2) is 0 Å². The highest BCUT2D eigenvalue weighted by Gasteiger charge is 2.35. The molecule has 0 aliphatic carbocycles. The molecule has 1 aliphatic heterocycles. The molecule has 7 heteroatoms. The maximum Gasteiger partial charge on any atom is 0.322 e. The number of hydrogen-bond donors (Lipinski definition) is 1. The number of anilines is 1. The van der Waals surface area contributed by atoms with Crippen LogP contribution < -0.4 is 10.1 Å². The highest BCUT2D eigenvalue weighted by molar-refractivity contribution is 5.90. The first-order valence-electron chi connectivity index (χ1n) is 12.2. The Kier molecular flexibility index (Phi) is 5.73. The summed E-state index contributed by atoms with van der Waals surface area (Å²) < 4.78 is 9.41. The van der Waals surface area contributed by atoms with Crippen LogP contribution >= 0.6 is 0 Å². The lowest BCUT2D eigenvalue weighted by Crippen LogP contribution is -2.38. The number of aromatic nitrogens is 3. The minimum absolute atomic E-state index is 0.188. The van der Waals surface area contributed by atoms with Crippen LogP contribution in [-0.4, -0.2) is 32.4 Å². The Hall–Kier alpha value is -4.78. The van der Waals surface area contributed by atoms with Crippen molar-refractivity contribution >= 4 is 11.7 Å². The summed E-state index contributed by atoms with van der Waals surface area (Å²) in [4.78, 5) is 15.8. The highest BCUT2D eigenvalue weighted by Crippen LogP contribution is 2.38. The van der Waals surface area contributed by atoms with Crippen molar-refractivity contribution in [1.29, 1.82) is 0 Å². The molecule has 0 spiro atoms. The van der Waals surface area contributed by atoms with Crippen molar-refractivity contribution < 1.29 is 9.53 Å². The van der Waals surface area contributed by atoms with Crippen LogP contribution in [0.3, 0.4) is 0 Å². The molecule has 184 valence electrons. The number of aryl methyl sites for hydroxylation is 1. The summed E-state index contributed by atoms with van der Waals surface area (Å²) in [6.07, 6.45) is 2.05. The fraction of sp³-hybridized carbons (Fsp3) is 0.133. The van der Waals surface area contributed by atoms with Crippen LogP contribution in [0.4, 0.5) is 10.5 Å². The number of fused-ring (bicyclic) bond motifs is 3. The summed E-state index contributed by atoms with van der Waals surface area (Å²) in [5.74, 6) is 1.69. The molecule has 2 aromatic heterocycles. The third kappa shape index (κ3) is 4.04. The van der Waals surface area contributed by atoms with Gasteiger partial charge in [-0.25, -0.2) is 9.48 Å². The second kappa shape index (κ2) is 9.35. The maximum absolute atomic E-state index is 13.9. The van der Waals surface area contributed by atoms with Gasteiger partial charge in [-0.05, 0) is 61.0 Å². The van der Waals surface area contributed by atoms with E-state index in [9.17, 15) is 4.79 Å². The molecular formula is C30H27N5O2. The number of hydrogen-bond acceptors (Lipinski definition) is 3. The normalized spacial score (nSPS) is 14.4. The van der Waals surface area contributed by atoms with Gasteiger partial charge in [0.2, 0.25) is 0 Å². The lowest BCUT2D eigenvalue weighted by Gasteiger charge is -2.31. The number of carbonyl (C=O) groups is 1. The van der Waals surface area contributed by atoms with Crippen LogP contribution in [-0.2, 0) is 6.54 Å². The predicted molar refractivity (Wildman–Crippen MR) is 143 cm³/mol. The van der Waals surface area contributed by atoms with Crippen LogP contribution in [0.2, 0.25) is 0 Å². The van der Waals surface area contributed by atoms with Crippen molar-refractivity contribution in [3.05, 3.63) is 126 Å². The van der Waals surface area contributed by atoms with Gasteiger partial charge in [0.05, 0.1) is 36.8 Å². The van der Waals surface area contributed by atoms with Crippen molar-refractivity contribution in [2.45, 2.75) is 19.5 Å². The molecule has 5 aromatic rings. The standard InChI is InChI=1S/C30H27N5O2/c1-21-26-20-34(30(36)31-23-15-17-25(37-2)18-16-23)28(22-10-5-3-6-11-22)27-14-9-19-33(27)29(26)35(32-21)24-12-7-4-8-13-24/h3-19,28H,20H2,1-2H3,(H,31,36)/t28-/m0/s1. The zero-order chi connectivity index (χ0) is 25.4. The molecule has 3 aromatic carbocycles. The highest BCUT2D eigenvalue weighted by atomic mass is 16.5. The van der Waals surface area contributed by atoms with Gasteiger partial charge in [-0.2, -0.15) is 5.10 Å². The molecule has 0 saturated heterocycles. The largest absolute Gasteiger partial charge is 0.497 e. The van der Waals surface area contributed by atoms with Gasteiger partial charge in [0, 0.05) is 17.4 Å². The number of nitrogens with zero attached hydrogens (tertiary/aromatic N) is 4. The van der Waals surface area contributed by atoms with Gasteiger partial charge < -0.3 is 19.5 Å². The zero-order valence-electron chi connectivity index (χ0n) is 20.7. The number of ether oxygens (including phenoxy) is 1. The fourth-order valence-corrected chi connectivity index (χ4v) is 5.00. The van der Waals surface area contributed by atoms with Gasteiger partial charge in [0.25, 0.3) is 0 Å². The molecule has 0 unspecified atom stereocenters. The summed E-state index contributed by atoms with van der Waals surface area (Å²) in [7, 11) is 1.62. The lowest BCUT2D eigenvalue weighted by atomic mass is 10.0. The van der Waals surface area contributed by atoms with E-state index in [4.69, 9.17) is 9.84 Å². The average molecular weight is 490 g/mol. The molecule has 3 heterocycles. The van der Waals surface area contributed by atoms with Crippen molar-refractivity contribution in [2.75, 3.05) is 12.4 Å². The molecule has 37 heavy (non-hydrogen) atoms. The molecule has 1 aliphatic rings. The number of methoxy groups -OCH3 is 1. The summed E-state index contributed by atoms with van der Waals surface area (Å²) >= 11 is 0. The maximum atomic E-state index is 13.9. The molecule has 1 atom stereocenters. The number of carbonyl (C=O) groups excluding carboxylic acids is 1. The zero-order valence-corrected chi connectivity index (χ0v) is 20.7. The van der Waals surface area contributed by atoms with E-state index in [1.807, 2.05) is 95.4 Å². The molecule has 0 saturated carbocycles. The molecule has 0 fully saturated rings. The van der Waals surface area contributed by atoms with Crippen molar-refractivity contribution in [2.24, 2.45) is 0 Å². The Morgan fingerprint density at radius 2 is 1.62 bits per heavy atom.